The smallest absolute Gasteiger partial charge is 0.0516 e. The van der Waals surface area contributed by atoms with E-state index in [1.165, 1.54) is 17.7 Å². The van der Waals surface area contributed by atoms with Crippen molar-refractivity contribution in [3.8, 4) is 0 Å². The quantitative estimate of drug-likeness (QED) is 0.664. The van der Waals surface area contributed by atoms with E-state index in [1.54, 1.807) is 11.3 Å². The molecular formula is C13H22N2OS. The maximum Gasteiger partial charge on any atom is 0.0516 e. The van der Waals surface area contributed by atoms with Crippen molar-refractivity contribution in [3.63, 3.8) is 0 Å². The lowest BCUT2D eigenvalue weighted by atomic mass is 10.2. The Kier molecular flexibility index (Phi) is 5.45. The van der Waals surface area contributed by atoms with Crippen molar-refractivity contribution in [1.29, 1.82) is 0 Å². The standard InChI is InChI=1S/C13H22N2OS/c14-12(13-3-1-8-17-13)9-15-6-2-7-16-10-11-4-5-11/h1,3,8,11-12,15H,2,4-7,9-10,14H2. The highest BCUT2D eigenvalue weighted by molar-refractivity contribution is 7.10. The summed E-state index contributed by atoms with van der Waals surface area (Å²) >= 11 is 1.72. The summed E-state index contributed by atoms with van der Waals surface area (Å²) in [5, 5.41) is 5.45. The molecule has 0 amide bonds. The number of rotatable bonds is 9. The third-order valence-corrected chi connectivity index (χ3v) is 3.97. The van der Waals surface area contributed by atoms with Gasteiger partial charge in [0.2, 0.25) is 0 Å². The van der Waals surface area contributed by atoms with E-state index >= 15 is 0 Å². The van der Waals surface area contributed by atoms with Gasteiger partial charge < -0.3 is 15.8 Å². The SMILES string of the molecule is NC(CNCCCOCC1CC1)c1cccs1. The molecular weight excluding hydrogens is 232 g/mol. The molecule has 1 unspecified atom stereocenters. The largest absolute Gasteiger partial charge is 0.381 e. The molecule has 4 heteroatoms. The molecule has 0 bridgehead atoms. The van der Waals surface area contributed by atoms with E-state index in [2.05, 4.69) is 16.8 Å². The van der Waals surface area contributed by atoms with Gasteiger partial charge in [0.25, 0.3) is 0 Å². The van der Waals surface area contributed by atoms with Crippen LogP contribution in [-0.4, -0.2) is 26.3 Å². The summed E-state index contributed by atoms with van der Waals surface area (Å²) in [4.78, 5) is 1.25. The molecule has 0 saturated heterocycles. The van der Waals surface area contributed by atoms with E-state index in [0.29, 0.717) is 0 Å². The molecule has 1 atom stereocenters. The van der Waals surface area contributed by atoms with E-state index < -0.39 is 0 Å². The number of nitrogens with two attached hydrogens (primary N) is 1. The second kappa shape index (κ2) is 7.11. The minimum absolute atomic E-state index is 0.127. The van der Waals surface area contributed by atoms with Gasteiger partial charge in [-0.3, -0.25) is 0 Å². The van der Waals surface area contributed by atoms with Crippen LogP contribution in [-0.2, 0) is 4.74 Å². The Morgan fingerprint density at radius 2 is 2.41 bits per heavy atom. The van der Waals surface area contributed by atoms with E-state index in [4.69, 9.17) is 10.5 Å². The molecule has 0 aliphatic heterocycles. The van der Waals surface area contributed by atoms with Crippen molar-refractivity contribution in [2.24, 2.45) is 11.7 Å². The van der Waals surface area contributed by atoms with E-state index in [1.807, 2.05) is 6.07 Å². The highest BCUT2D eigenvalue weighted by atomic mass is 32.1. The number of thiophene rings is 1. The first kappa shape index (κ1) is 13.0. The zero-order valence-corrected chi connectivity index (χ0v) is 11.0. The maximum atomic E-state index is 6.05. The summed E-state index contributed by atoms with van der Waals surface area (Å²) in [6.07, 6.45) is 3.81. The number of nitrogens with one attached hydrogen (secondary N) is 1. The molecule has 0 radical (unpaired) electrons. The first-order valence-electron chi connectivity index (χ1n) is 6.43. The van der Waals surface area contributed by atoms with Crippen LogP contribution in [0.5, 0.6) is 0 Å². The van der Waals surface area contributed by atoms with Crippen LogP contribution in [0.25, 0.3) is 0 Å². The Hall–Kier alpha value is -0.420. The van der Waals surface area contributed by atoms with Crippen molar-refractivity contribution in [1.82, 2.24) is 5.32 Å². The van der Waals surface area contributed by atoms with E-state index in [-0.39, 0.29) is 6.04 Å². The lowest BCUT2D eigenvalue weighted by Gasteiger charge is -2.11. The van der Waals surface area contributed by atoms with Crippen molar-refractivity contribution < 1.29 is 4.74 Å². The van der Waals surface area contributed by atoms with Gasteiger partial charge in [-0.1, -0.05) is 6.07 Å². The minimum atomic E-state index is 0.127. The molecule has 1 aliphatic rings. The van der Waals surface area contributed by atoms with Gasteiger partial charge in [-0.25, -0.2) is 0 Å². The molecule has 3 nitrogen and oxygen atoms in total. The Bertz CT molecular complexity index is 298. The molecule has 1 heterocycles. The topological polar surface area (TPSA) is 47.3 Å². The summed E-state index contributed by atoms with van der Waals surface area (Å²) < 4.78 is 5.57. The van der Waals surface area contributed by atoms with Crippen LogP contribution in [0.15, 0.2) is 17.5 Å². The molecule has 0 aromatic carbocycles. The number of ether oxygens (including phenoxy) is 1. The van der Waals surface area contributed by atoms with Crippen LogP contribution >= 0.6 is 11.3 Å². The zero-order chi connectivity index (χ0) is 11.9. The van der Waals surface area contributed by atoms with Crippen LogP contribution in [0.4, 0.5) is 0 Å². The van der Waals surface area contributed by atoms with Gasteiger partial charge >= 0.3 is 0 Å². The molecule has 96 valence electrons. The van der Waals surface area contributed by atoms with Crippen LogP contribution in [0.3, 0.4) is 0 Å². The van der Waals surface area contributed by atoms with Gasteiger partial charge in [-0.05, 0) is 43.2 Å². The van der Waals surface area contributed by atoms with Crippen LogP contribution in [0.2, 0.25) is 0 Å². The second-order valence-electron chi connectivity index (χ2n) is 4.70. The monoisotopic (exact) mass is 254 g/mol. The fourth-order valence-corrected chi connectivity index (χ4v) is 2.42. The van der Waals surface area contributed by atoms with Gasteiger partial charge in [0, 0.05) is 24.6 Å². The Balaban J connectivity index is 1.42. The number of hydrogen-bond donors (Lipinski definition) is 2. The average molecular weight is 254 g/mol. The predicted molar refractivity (Wildman–Crippen MR) is 72.3 cm³/mol. The van der Waals surface area contributed by atoms with Gasteiger partial charge in [0.15, 0.2) is 0 Å². The number of hydrogen-bond acceptors (Lipinski definition) is 4. The lowest BCUT2D eigenvalue weighted by Crippen LogP contribution is -2.27. The van der Waals surface area contributed by atoms with Crippen molar-refractivity contribution in [3.05, 3.63) is 22.4 Å². The maximum absolute atomic E-state index is 6.05. The summed E-state index contributed by atoms with van der Waals surface area (Å²) in [5.41, 5.74) is 6.05. The molecule has 1 fully saturated rings. The van der Waals surface area contributed by atoms with E-state index in [0.717, 1.165) is 38.6 Å². The summed E-state index contributed by atoms with van der Waals surface area (Å²) in [6, 6.07) is 4.27. The zero-order valence-electron chi connectivity index (χ0n) is 10.2. The Morgan fingerprint density at radius 1 is 1.53 bits per heavy atom. The molecule has 2 rings (SSSR count). The summed E-state index contributed by atoms with van der Waals surface area (Å²) in [6.45, 7) is 3.68. The van der Waals surface area contributed by atoms with Gasteiger partial charge in [-0.15, -0.1) is 11.3 Å². The molecule has 3 N–H and O–H groups in total. The third-order valence-electron chi connectivity index (χ3n) is 2.97. The fourth-order valence-electron chi connectivity index (χ4n) is 1.69. The lowest BCUT2D eigenvalue weighted by molar-refractivity contribution is 0.122. The fraction of sp³-hybridized carbons (Fsp3) is 0.692. The van der Waals surface area contributed by atoms with Gasteiger partial charge in [0.1, 0.15) is 0 Å². The van der Waals surface area contributed by atoms with Crippen molar-refractivity contribution in [2.75, 3.05) is 26.3 Å². The van der Waals surface area contributed by atoms with Crippen LogP contribution in [0.1, 0.15) is 30.2 Å². The van der Waals surface area contributed by atoms with Crippen molar-refractivity contribution in [2.45, 2.75) is 25.3 Å². The van der Waals surface area contributed by atoms with Crippen LogP contribution < -0.4 is 11.1 Å². The molecule has 0 spiro atoms. The predicted octanol–water partition coefficient (Wildman–Crippen LogP) is 2.15. The summed E-state index contributed by atoms with van der Waals surface area (Å²) in [7, 11) is 0. The first-order chi connectivity index (χ1) is 8.36. The summed E-state index contributed by atoms with van der Waals surface area (Å²) in [5.74, 6) is 0.871. The molecule has 17 heavy (non-hydrogen) atoms. The van der Waals surface area contributed by atoms with E-state index in [9.17, 15) is 0 Å². The Labute approximate surface area is 107 Å². The first-order valence-corrected chi connectivity index (χ1v) is 7.31. The van der Waals surface area contributed by atoms with Gasteiger partial charge in [-0.2, -0.15) is 0 Å². The molecule has 1 saturated carbocycles. The van der Waals surface area contributed by atoms with Crippen LogP contribution in [0, 0.1) is 5.92 Å². The highest BCUT2D eigenvalue weighted by Crippen LogP contribution is 2.28. The highest BCUT2D eigenvalue weighted by Gasteiger charge is 2.20. The second-order valence-corrected chi connectivity index (χ2v) is 5.68. The molecule has 1 aromatic rings. The Morgan fingerprint density at radius 3 is 3.12 bits per heavy atom. The average Bonchev–Trinajstić information content (AvgIpc) is 2.99. The molecule has 1 aliphatic carbocycles. The third kappa shape index (κ3) is 5.17. The normalized spacial score (nSPS) is 17.2. The molecule has 1 aromatic heterocycles. The minimum Gasteiger partial charge on any atom is -0.381 e. The van der Waals surface area contributed by atoms with Gasteiger partial charge in [0.05, 0.1) is 6.04 Å². The van der Waals surface area contributed by atoms with Crippen molar-refractivity contribution >= 4 is 11.3 Å².